The molecule has 0 aliphatic heterocycles. The van der Waals surface area contributed by atoms with Crippen LogP contribution in [0.25, 0.3) is 0 Å². The van der Waals surface area contributed by atoms with Crippen LogP contribution < -0.4 is 5.73 Å². The number of hydrogen-bond donors (Lipinski definition) is 1. The number of benzene rings is 1. The summed E-state index contributed by atoms with van der Waals surface area (Å²) in [5.74, 6) is 1.92. The highest BCUT2D eigenvalue weighted by Crippen LogP contribution is 2.65. The summed E-state index contributed by atoms with van der Waals surface area (Å²) in [4.78, 5) is 4.69. The van der Waals surface area contributed by atoms with Crippen molar-refractivity contribution in [3.63, 3.8) is 0 Å². The standard InChI is InChI=1S/C18H21N3O/c19-18(9-4-10-18)16-20-15(22-21-16)14-11-17(14)8-3-6-12-5-1-2-7-13(12)17/h1-2,5,7,14H,3-4,6,8-11,19H2. The Bertz CT molecular complexity index is 733. The van der Waals surface area contributed by atoms with Crippen LogP contribution in [0.3, 0.4) is 0 Å². The zero-order valence-electron chi connectivity index (χ0n) is 12.7. The molecule has 1 aromatic heterocycles. The molecule has 2 unspecified atom stereocenters. The quantitative estimate of drug-likeness (QED) is 0.924. The molecule has 0 amide bonds. The minimum Gasteiger partial charge on any atom is -0.339 e. The second-order valence-corrected chi connectivity index (χ2v) is 7.39. The highest BCUT2D eigenvalue weighted by atomic mass is 16.5. The van der Waals surface area contributed by atoms with E-state index in [0.29, 0.717) is 5.92 Å². The molecule has 2 aromatic rings. The van der Waals surface area contributed by atoms with Crippen molar-refractivity contribution in [3.05, 3.63) is 47.1 Å². The Labute approximate surface area is 130 Å². The molecule has 1 spiro atoms. The van der Waals surface area contributed by atoms with Gasteiger partial charge in [0.05, 0.1) is 5.54 Å². The van der Waals surface area contributed by atoms with Crippen molar-refractivity contribution in [2.24, 2.45) is 5.73 Å². The summed E-state index contributed by atoms with van der Waals surface area (Å²) in [6.45, 7) is 0. The molecule has 2 N–H and O–H groups in total. The average molecular weight is 295 g/mol. The zero-order valence-corrected chi connectivity index (χ0v) is 12.7. The molecule has 1 aromatic carbocycles. The lowest BCUT2D eigenvalue weighted by atomic mass is 9.77. The van der Waals surface area contributed by atoms with Crippen LogP contribution in [0.4, 0.5) is 0 Å². The fraction of sp³-hybridized carbons (Fsp3) is 0.556. The first-order valence-electron chi connectivity index (χ1n) is 8.43. The van der Waals surface area contributed by atoms with Crippen LogP contribution in [0.2, 0.25) is 0 Å². The van der Waals surface area contributed by atoms with Gasteiger partial charge in [0.15, 0.2) is 5.82 Å². The van der Waals surface area contributed by atoms with Crippen LogP contribution in [-0.4, -0.2) is 10.1 Å². The summed E-state index contributed by atoms with van der Waals surface area (Å²) in [6.07, 6.45) is 7.96. The lowest BCUT2D eigenvalue weighted by Gasteiger charge is -2.34. The molecule has 2 atom stereocenters. The van der Waals surface area contributed by atoms with Crippen LogP contribution >= 0.6 is 0 Å². The van der Waals surface area contributed by atoms with Gasteiger partial charge >= 0.3 is 0 Å². The van der Waals surface area contributed by atoms with Crippen molar-refractivity contribution in [2.75, 3.05) is 0 Å². The Balaban J connectivity index is 1.48. The highest BCUT2D eigenvalue weighted by molar-refractivity contribution is 5.45. The highest BCUT2D eigenvalue weighted by Gasteiger charge is 2.60. The molecule has 3 aliphatic rings. The van der Waals surface area contributed by atoms with E-state index < -0.39 is 0 Å². The number of aromatic nitrogens is 2. The molecule has 2 saturated carbocycles. The van der Waals surface area contributed by atoms with Crippen molar-refractivity contribution in [2.45, 2.75) is 61.8 Å². The molecule has 2 fully saturated rings. The number of fused-ring (bicyclic) bond motifs is 2. The number of nitrogens with two attached hydrogens (primary N) is 1. The lowest BCUT2D eigenvalue weighted by Crippen LogP contribution is -2.44. The molecule has 114 valence electrons. The second-order valence-electron chi connectivity index (χ2n) is 7.39. The van der Waals surface area contributed by atoms with Crippen LogP contribution in [0, 0.1) is 0 Å². The topological polar surface area (TPSA) is 64.9 Å². The Morgan fingerprint density at radius 1 is 1.14 bits per heavy atom. The molecular weight excluding hydrogens is 274 g/mol. The van der Waals surface area contributed by atoms with Crippen LogP contribution in [0.15, 0.2) is 28.8 Å². The number of hydrogen-bond acceptors (Lipinski definition) is 4. The van der Waals surface area contributed by atoms with Gasteiger partial charge in [-0.2, -0.15) is 4.98 Å². The fourth-order valence-corrected chi connectivity index (χ4v) is 4.52. The smallest absolute Gasteiger partial charge is 0.230 e. The van der Waals surface area contributed by atoms with Gasteiger partial charge in [0.25, 0.3) is 0 Å². The SMILES string of the molecule is NC1(c2noc(C3CC34CCCc3ccccc34)n2)CCC1. The van der Waals surface area contributed by atoms with Crippen LogP contribution in [0.5, 0.6) is 0 Å². The van der Waals surface area contributed by atoms with Crippen molar-refractivity contribution >= 4 is 0 Å². The van der Waals surface area contributed by atoms with E-state index in [-0.39, 0.29) is 11.0 Å². The predicted octanol–water partition coefficient (Wildman–Crippen LogP) is 3.17. The number of aryl methyl sites for hydroxylation is 1. The monoisotopic (exact) mass is 295 g/mol. The molecule has 22 heavy (non-hydrogen) atoms. The van der Waals surface area contributed by atoms with Gasteiger partial charge in [-0.1, -0.05) is 29.4 Å². The third kappa shape index (κ3) is 1.62. The molecule has 1 heterocycles. The first-order chi connectivity index (χ1) is 10.7. The summed E-state index contributed by atoms with van der Waals surface area (Å²) in [5, 5.41) is 4.19. The van der Waals surface area contributed by atoms with E-state index in [9.17, 15) is 0 Å². The van der Waals surface area contributed by atoms with Crippen LogP contribution in [0.1, 0.15) is 67.3 Å². The predicted molar refractivity (Wildman–Crippen MR) is 82.4 cm³/mol. The Morgan fingerprint density at radius 3 is 2.82 bits per heavy atom. The number of nitrogens with zero attached hydrogens (tertiary/aromatic N) is 2. The molecule has 0 bridgehead atoms. The van der Waals surface area contributed by atoms with Gasteiger partial charge in [-0.15, -0.1) is 0 Å². The van der Waals surface area contributed by atoms with E-state index in [4.69, 9.17) is 10.3 Å². The van der Waals surface area contributed by atoms with E-state index in [1.54, 1.807) is 0 Å². The Hall–Kier alpha value is -1.68. The van der Waals surface area contributed by atoms with Crippen LogP contribution in [-0.2, 0) is 17.4 Å². The van der Waals surface area contributed by atoms with Gasteiger partial charge in [0.1, 0.15) is 0 Å². The van der Waals surface area contributed by atoms with Gasteiger partial charge in [-0.25, -0.2) is 0 Å². The largest absolute Gasteiger partial charge is 0.339 e. The molecule has 4 nitrogen and oxygen atoms in total. The first kappa shape index (κ1) is 12.8. The van der Waals surface area contributed by atoms with Gasteiger partial charge < -0.3 is 10.3 Å². The molecule has 4 heteroatoms. The first-order valence-corrected chi connectivity index (χ1v) is 8.43. The lowest BCUT2D eigenvalue weighted by molar-refractivity contribution is 0.228. The van der Waals surface area contributed by atoms with Crippen molar-refractivity contribution in [1.82, 2.24) is 10.1 Å². The maximum Gasteiger partial charge on any atom is 0.230 e. The Morgan fingerprint density at radius 2 is 2.00 bits per heavy atom. The van der Waals surface area contributed by atoms with E-state index in [1.165, 1.54) is 36.8 Å². The fourth-order valence-electron chi connectivity index (χ4n) is 4.52. The third-order valence-electron chi connectivity index (χ3n) is 6.13. The van der Waals surface area contributed by atoms with E-state index >= 15 is 0 Å². The molecule has 5 rings (SSSR count). The van der Waals surface area contributed by atoms with Crippen molar-refractivity contribution in [1.29, 1.82) is 0 Å². The molecule has 3 aliphatic carbocycles. The maximum absolute atomic E-state index is 6.32. The van der Waals surface area contributed by atoms with Crippen molar-refractivity contribution < 1.29 is 4.52 Å². The van der Waals surface area contributed by atoms with Crippen molar-refractivity contribution in [3.8, 4) is 0 Å². The van der Waals surface area contributed by atoms with Gasteiger partial charge in [-0.05, 0) is 56.1 Å². The Kier molecular flexibility index (Phi) is 2.44. The average Bonchev–Trinajstić information content (AvgIpc) is 3.01. The van der Waals surface area contributed by atoms with E-state index in [0.717, 1.165) is 31.0 Å². The zero-order chi connectivity index (χ0) is 14.8. The minimum absolute atomic E-state index is 0.250. The van der Waals surface area contributed by atoms with E-state index in [1.807, 2.05) is 0 Å². The molecular formula is C18H21N3O. The maximum atomic E-state index is 6.32. The normalized spacial score (nSPS) is 31.6. The minimum atomic E-state index is -0.325. The van der Waals surface area contributed by atoms with Gasteiger partial charge in [-0.3, -0.25) is 0 Å². The third-order valence-corrected chi connectivity index (χ3v) is 6.13. The summed E-state index contributed by atoms with van der Waals surface area (Å²) < 4.78 is 5.61. The summed E-state index contributed by atoms with van der Waals surface area (Å²) in [7, 11) is 0. The summed E-state index contributed by atoms with van der Waals surface area (Å²) in [5.41, 5.74) is 9.26. The molecule has 0 saturated heterocycles. The summed E-state index contributed by atoms with van der Waals surface area (Å²) in [6, 6.07) is 8.87. The van der Waals surface area contributed by atoms with Gasteiger partial charge in [0.2, 0.25) is 5.89 Å². The second kappa shape index (κ2) is 4.19. The van der Waals surface area contributed by atoms with E-state index in [2.05, 4.69) is 34.4 Å². The molecule has 0 radical (unpaired) electrons. The van der Waals surface area contributed by atoms with Gasteiger partial charge in [0, 0.05) is 11.3 Å². The summed E-state index contributed by atoms with van der Waals surface area (Å²) >= 11 is 0. The number of rotatable bonds is 2.